The van der Waals surface area contributed by atoms with E-state index in [1.54, 1.807) is 7.11 Å². The number of ether oxygens (including phenoxy) is 2. The Morgan fingerprint density at radius 1 is 1.25 bits per heavy atom. The second-order valence-corrected chi connectivity index (χ2v) is 6.15. The molecule has 0 aliphatic heterocycles. The van der Waals surface area contributed by atoms with Crippen LogP contribution in [0.25, 0.3) is 0 Å². The molecular weight excluding hydrogens is 318 g/mol. The van der Waals surface area contributed by atoms with Gasteiger partial charge in [-0.2, -0.15) is 0 Å². The van der Waals surface area contributed by atoms with E-state index in [1.165, 1.54) is 22.9 Å². The molecule has 0 aromatic heterocycles. The van der Waals surface area contributed by atoms with E-state index in [1.807, 2.05) is 0 Å². The maximum Gasteiger partial charge on any atom is 0.0700 e. The molecular formula is C16H24BrNO2. The summed E-state index contributed by atoms with van der Waals surface area (Å²) in [5, 5.41) is 3.63. The van der Waals surface area contributed by atoms with Gasteiger partial charge in [-0.1, -0.05) is 34.1 Å². The molecule has 0 amide bonds. The predicted molar refractivity (Wildman–Crippen MR) is 85.2 cm³/mol. The molecule has 1 aliphatic carbocycles. The Labute approximate surface area is 130 Å². The van der Waals surface area contributed by atoms with E-state index in [2.05, 4.69) is 45.5 Å². The smallest absolute Gasteiger partial charge is 0.0700 e. The van der Waals surface area contributed by atoms with Gasteiger partial charge in [-0.15, -0.1) is 0 Å². The molecule has 1 unspecified atom stereocenters. The van der Waals surface area contributed by atoms with Crippen molar-refractivity contribution in [1.82, 2.24) is 5.32 Å². The molecule has 0 spiro atoms. The summed E-state index contributed by atoms with van der Waals surface area (Å²) in [7, 11) is 1.70. The summed E-state index contributed by atoms with van der Waals surface area (Å²) in [6, 6.07) is 9.24. The van der Waals surface area contributed by atoms with E-state index in [0.717, 1.165) is 25.6 Å². The molecule has 1 N–H and O–H groups in total. The van der Waals surface area contributed by atoms with Gasteiger partial charge in [0.05, 0.1) is 13.2 Å². The Balaban J connectivity index is 1.84. The molecule has 20 heavy (non-hydrogen) atoms. The fraction of sp³-hybridized carbons (Fsp3) is 0.625. The Kier molecular flexibility index (Phi) is 7.00. The van der Waals surface area contributed by atoms with Crippen molar-refractivity contribution in [3.05, 3.63) is 34.3 Å². The predicted octanol–water partition coefficient (Wildman–Crippen LogP) is 3.34. The largest absolute Gasteiger partial charge is 0.382 e. The monoisotopic (exact) mass is 341 g/mol. The van der Waals surface area contributed by atoms with Gasteiger partial charge in [0.1, 0.15) is 0 Å². The van der Waals surface area contributed by atoms with Gasteiger partial charge in [-0.3, -0.25) is 0 Å². The van der Waals surface area contributed by atoms with Crippen molar-refractivity contribution >= 4 is 15.9 Å². The number of hydrogen-bond donors (Lipinski definition) is 1. The highest BCUT2D eigenvalue weighted by Gasteiger charge is 2.23. The second-order valence-electron chi connectivity index (χ2n) is 5.29. The molecule has 0 bridgehead atoms. The summed E-state index contributed by atoms with van der Waals surface area (Å²) in [5.74, 6) is 0.494. The van der Waals surface area contributed by atoms with Gasteiger partial charge in [0.15, 0.2) is 0 Å². The number of methoxy groups -OCH3 is 1. The highest BCUT2D eigenvalue weighted by molar-refractivity contribution is 9.10. The number of benzene rings is 1. The van der Waals surface area contributed by atoms with Gasteiger partial charge in [-0.05, 0) is 36.8 Å². The maximum atomic E-state index is 5.62. The SMILES string of the molecule is COCCOCCC(CNC1CC1)c1ccccc1Br. The Morgan fingerprint density at radius 2 is 2.05 bits per heavy atom. The van der Waals surface area contributed by atoms with Crippen LogP contribution in [0.3, 0.4) is 0 Å². The molecule has 1 aromatic carbocycles. The van der Waals surface area contributed by atoms with E-state index in [-0.39, 0.29) is 0 Å². The third kappa shape index (κ3) is 5.52. The lowest BCUT2D eigenvalue weighted by Crippen LogP contribution is -2.24. The van der Waals surface area contributed by atoms with Crippen LogP contribution in [0, 0.1) is 0 Å². The van der Waals surface area contributed by atoms with Gasteiger partial charge in [-0.25, -0.2) is 0 Å². The first-order chi connectivity index (χ1) is 9.81. The summed E-state index contributed by atoms with van der Waals surface area (Å²) in [6.07, 6.45) is 3.69. The first-order valence-corrected chi connectivity index (χ1v) is 8.15. The molecule has 0 saturated heterocycles. The lowest BCUT2D eigenvalue weighted by Gasteiger charge is -2.19. The fourth-order valence-corrected chi connectivity index (χ4v) is 2.85. The molecule has 0 heterocycles. The van der Waals surface area contributed by atoms with E-state index < -0.39 is 0 Å². The molecule has 1 saturated carbocycles. The van der Waals surface area contributed by atoms with Gasteiger partial charge in [0.25, 0.3) is 0 Å². The summed E-state index contributed by atoms with van der Waals surface area (Å²) < 4.78 is 11.8. The molecule has 2 rings (SSSR count). The second kappa shape index (κ2) is 8.78. The van der Waals surface area contributed by atoms with Crippen LogP contribution in [-0.4, -0.2) is 39.5 Å². The summed E-state index contributed by atoms with van der Waals surface area (Å²) in [4.78, 5) is 0. The van der Waals surface area contributed by atoms with Gasteiger partial charge in [0, 0.05) is 30.8 Å². The topological polar surface area (TPSA) is 30.5 Å². The van der Waals surface area contributed by atoms with Crippen LogP contribution in [0.2, 0.25) is 0 Å². The van der Waals surface area contributed by atoms with E-state index in [0.29, 0.717) is 19.1 Å². The number of halogens is 1. The summed E-state index contributed by atoms with van der Waals surface area (Å²) in [6.45, 7) is 3.15. The lowest BCUT2D eigenvalue weighted by atomic mass is 9.96. The molecule has 1 aliphatic rings. The zero-order valence-electron chi connectivity index (χ0n) is 12.1. The summed E-state index contributed by atoms with van der Waals surface area (Å²) in [5.41, 5.74) is 1.37. The molecule has 4 heteroatoms. The van der Waals surface area contributed by atoms with Crippen LogP contribution in [0.5, 0.6) is 0 Å². The highest BCUT2D eigenvalue weighted by Crippen LogP contribution is 2.28. The zero-order valence-corrected chi connectivity index (χ0v) is 13.7. The third-order valence-corrected chi connectivity index (χ3v) is 4.34. The van der Waals surface area contributed by atoms with Gasteiger partial charge >= 0.3 is 0 Å². The Morgan fingerprint density at radius 3 is 2.75 bits per heavy atom. The van der Waals surface area contributed by atoms with Gasteiger partial charge in [0.2, 0.25) is 0 Å². The van der Waals surface area contributed by atoms with Crippen LogP contribution < -0.4 is 5.32 Å². The Hall–Kier alpha value is -0.420. The zero-order chi connectivity index (χ0) is 14.2. The van der Waals surface area contributed by atoms with Gasteiger partial charge < -0.3 is 14.8 Å². The van der Waals surface area contributed by atoms with Crippen molar-refractivity contribution in [1.29, 1.82) is 0 Å². The van der Waals surface area contributed by atoms with Crippen molar-refractivity contribution in [3.8, 4) is 0 Å². The van der Waals surface area contributed by atoms with Crippen LogP contribution >= 0.6 is 15.9 Å². The van der Waals surface area contributed by atoms with Crippen LogP contribution in [0.1, 0.15) is 30.7 Å². The minimum absolute atomic E-state index is 0.494. The van der Waals surface area contributed by atoms with Crippen molar-refractivity contribution in [2.75, 3.05) is 33.5 Å². The third-order valence-electron chi connectivity index (χ3n) is 3.62. The average molecular weight is 342 g/mol. The van der Waals surface area contributed by atoms with Crippen molar-refractivity contribution < 1.29 is 9.47 Å². The molecule has 1 aromatic rings. The first kappa shape index (κ1) is 16.0. The number of nitrogens with one attached hydrogen (secondary N) is 1. The van der Waals surface area contributed by atoms with E-state index >= 15 is 0 Å². The lowest BCUT2D eigenvalue weighted by molar-refractivity contribution is 0.0669. The fourth-order valence-electron chi connectivity index (χ4n) is 2.24. The maximum absolute atomic E-state index is 5.62. The first-order valence-electron chi connectivity index (χ1n) is 7.35. The highest BCUT2D eigenvalue weighted by atomic mass is 79.9. The molecule has 3 nitrogen and oxygen atoms in total. The quantitative estimate of drug-likeness (QED) is 0.662. The standard InChI is InChI=1S/C16H24BrNO2/c1-19-10-11-20-9-8-13(12-18-14-6-7-14)15-4-2-3-5-16(15)17/h2-5,13-14,18H,6-12H2,1H3. The van der Waals surface area contributed by atoms with E-state index in [4.69, 9.17) is 9.47 Å². The minimum atomic E-state index is 0.494. The van der Waals surface area contributed by atoms with Crippen LogP contribution in [0.15, 0.2) is 28.7 Å². The van der Waals surface area contributed by atoms with Crippen molar-refractivity contribution in [2.24, 2.45) is 0 Å². The molecule has 112 valence electrons. The number of rotatable bonds is 10. The molecule has 1 fully saturated rings. The van der Waals surface area contributed by atoms with Crippen LogP contribution in [0.4, 0.5) is 0 Å². The molecule has 0 radical (unpaired) electrons. The van der Waals surface area contributed by atoms with Crippen molar-refractivity contribution in [2.45, 2.75) is 31.2 Å². The Bertz CT molecular complexity index is 396. The number of hydrogen-bond acceptors (Lipinski definition) is 3. The minimum Gasteiger partial charge on any atom is -0.382 e. The average Bonchev–Trinajstić information content (AvgIpc) is 3.27. The van der Waals surface area contributed by atoms with Crippen molar-refractivity contribution in [3.63, 3.8) is 0 Å². The molecule has 1 atom stereocenters. The van der Waals surface area contributed by atoms with Crippen LogP contribution in [-0.2, 0) is 9.47 Å². The summed E-state index contributed by atoms with van der Waals surface area (Å²) >= 11 is 3.66. The van der Waals surface area contributed by atoms with E-state index in [9.17, 15) is 0 Å². The normalized spacial score (nSPS) is 16.3.